The molecule has 0 aliphatic rings. The van der Waals surface area contributed by atoms with Gasteiger partial charge in [0.05, 0.1) is 0 Å². The predicted octanol–water partition coefficient (Wildman–Crippen LogP) is 5.17. The first kappa shape index (κ1) is 16.6. The van der Waals surface area contributed by atoms with E-state index in [0.717, 1.165) is 32.4 Å². The molecule has 0 amide bonds. The van der Waals surface area contributed by atoms with Gasteiger partial charge in [-0.05, 0) is 47.4 Å². The first-order valence-corrected chi connectivity index (χ1v) is 8.68. The lowest BCUT2D eigenvalue weighted by Gasteiger charge is -2.06. The van der Waals surface area contributed by atoms with Gasteiger partial charge in [0.2, 0.25) is 0 Å². The van der Waals surface area contributed by atoms with Crippen molar-refractivity contribution >= 4 is 21.7 Å². The minimum atomic E-state index is 0.217. The molecule has 3 aromatic rings. The minimum Gasteiger partial charge on any atom is -0.299 e. The van der Waals surface area contributed by atoms with E-state index in [2.05, 4.69) is 39.1 Å². The number of halogens is 1. The van der Waals surface area contributed by atoms with E-state index in [1.807, 2.05) is 55.6 Å². The molecule has 1 heterocycles. The van der Waals surface area contributed by atoms with Gasteiger partial charge in [0.1, 0.15) is 5.78 Å². The molecule has 120 valence electrons. The summed E-state index contributed by atoms with van der Waals surface area (Å²) in [6.45, 7) is 1.98. The Morgan fingerprint density at radius 3 is 2.42 bits per heavy atom. The van der Waals surface area contributed by atoms with Crippen molar-refractivity contribution in [3.8, 4) is 11.1 Å². The maximum atomic E-state index is 12.3. The Kier molecular flexibility index (Phi) is 5.21. The van der Waals surface area contributed by atoms with Crippen molar-refractivity contribution in [1.82, 2.24) is 4.98 Å². The van der Waals surface area contributed by atoms with Crippen LogP contribution in [0.15, 0.2) is 71.3 Å². The molecule has 0 aliphatic carbocycles. The van der Waals surface area contributed by atoms with Gasteiger partial charge in [0.25, 0.3) is 0 Å². The second-order valence-corrected chi connectivity index (χ2v) is 6.72. The number of carbonyl (C=O) groups excluding carboxylic acids is 1. The Morgan fingerprint density at radius 1 is 0.958 bits per heavy atom. The van der Waals surface area contributed by atoms with Crippen LogP contribution in [-0.4, -0.2) is 10.8 Å². The van der Waals surface area contributed by atoms with Gasteiger partial charge in [0, 0.05) is 29.2 Å². The Hall–Kier alpha value is -2.26. The summed E-state index contributed by atoms with van der Waals surface area (Å²) >= 11 is 3.49. The summed E-state index contributed by atoms with van der Waals surface area (Å²) in [5.41, 5.74) is 5.37. The number of carbonyl (C=O) groups is 1. The smallest absolute Gasteiger partial charge is 0.141 e. The van der Waals surface area contributed by atoms with Crippen LogP contribution in [0.1, 0.15) is 16.8 Å². The van der Waals surface area contributed by atoms with Crippen LogP contribution in [0, 0.1) is 6.92 Å². The fourth-order valence-corrected chi connectivity index (χ4v) is 3.11. The van der Waals surface area contributed by atoms with Crippen LogP contribution < -0.4 is 0 Å². The number of Topliss-reactive ketones (excluding diaryl/α,β-unsaturated/α-hetero) is 1. The molecule has 0 fully saturated rings. The summed E-state index contributed by atoms with van der Waals surface area (Å²) < 4.78 is 0.988. The van der Waals surface area contributed by atoms with Gasteiger partial charge in [-0.25, -0.2) is 0 Å². The van der Waals surface area contributed by atoms with Crippen LogP contribution in [0.25, 0.3) is 11.1 Å². The lowest BCUT2D eigenvalue weighted by atomic mass is 10.00. The van der Waals surface area contributed by atoms with E-state index >= 15 is 0 Å². The summed E-state index contributed by atoms with van der Waals surface area (Å²) in [4.78, 5) is 16.5. The van der Waals surface area contributed by atoms with Gasteiger partial charge in [-0.1, -0.05) is 58.4 Å². The minimum absolute atomic E-state index is 0.217. The number of aryl methyl sites for hydroxylation is 1. The molecule has 0 atom stereocenters. The molecule has 0 unspecified atom stereocenters. The molecule has 0 saturated carbocycles. The van der Waals surface area contributed by atoms with Crippen LogP contribution >= 0.6 is 15.9 Å². The number of nitrogens with zero attached hydrogens (tertiary/aromatic N) is 1. The Bertz CT molecular complexity index is 856. The van der Waals surface area contributed by atoms with Crippen LogP contribution in [0.4, 0.5) is 0 Å². The zero-order chi connectivity index (χ0) is 16.9. The van der Waals surface area contributed by atoms with E-state index in [0.29, 0.717) is 12.8 Å². The molecule has 3 rings (SSSR count). The van der Waals surface area contributed by atoms with Crippen LogP contribution in [0.2, 0.25) is 0 Å². The van der Waals surface area contributed by atoms with E-state index in [4.69, 9.17) is 0 Å². The number of benzene rings is 2. The maximum absolute atomic E-state index is 12.3. The highest BCUT2D eigenvalue weighted by Gasteiger charge is 2.08. The van der Waals surface area contributed by atoms with Crippen molar-refractivity contribution in [3.63, 3.8) is 0 Å². The largest absolute Gasteiger partial charge is 0.299 e. The third-order valence-electron chi connectivity index (χ3n) is 3.93. The fraction of sp³-hybridized carbons (Fsp3) is 0.143. The molecule has 3 heteroatoms. The fourth-order valence-electron chi connectivity index (χ4n) is 2.68. The second kappa shape index (κ2) is 7.54. The zero-order valence-corrected chi connectivity index (χ0v) is 15.1. The van der Waals surface area contributed by atoms with Crippen molar-refractivity contribution in [2.45, 2.75) is 19.8 Å². The average molecular weight is 380 g/mol. The summed E-state index contributed by atoms with van der Waals surface area (Å²) in [5, 5.41) is 0. The molecule has 24 heavy (non-hydrogen) atoms. The second-order valence-electron chi connectivity index (χ2n) is 5.87. The molecular weight excluding hydrogens is 362 g/mol. The van der Waals surface area contributed by atoms with Crippen molar-refractivity contribution in [2.75, 3.05) is 0 Å². The normalized spacial score (nSPS) is 10.6. The van der Waals surface area contributed by atoms with Crippen molar-refractivity contribution < 1.29 is 4.79 Å². The van der Waals surface area contributed by atoms with Crippen molar-refractivity contribution in [1.29, 1.82) is 0 Å². The summed E-state index contributed by atoms with van der Waals surface area (Å²) in [7, 11) is 0. The molecule has 0 bridgehead atoms. The van der Waals surface area contributed by atoms with Gasteiger partial charge >= 0.3 is 0 Å². The molecular formula is C21H18BrNO. The highest BCUT2D eigenvalue weighted by atomic mass is 79.9. The third-order valence-corrected chi connectivity index (χ3v) is 4.70. The molecule has 0 radical (unpaired) electrons. The first-order chi connectivity index (χ1) is 11.6. The van der Waals surface area contributed by atoms with Crippen LogP contribution in [-0.2, 0) is 17.6 Å². The topological polar surface area (TPSA) is 30.0 Å². The van der Waals surface area contributed by atoms with Gasteiger partial charge in [-0.2, -0.15) is 0 Å². The van der Waals surface area contributed by atoms with Crippen LogP contribution in [0.3, 0.4) is 0 Å². The first-order valence-electron chi connectivity index (χ1n) is 7.89. The van der Waals surface area contributed by atoms with E-state index in [1.165, 1.54) is 0 Å². The number of hydrogen-bond acceptors (Lipinski definition) is 2. The third kappa shape index (κ3) is 4.18. The Morgan fingerprint density at radius 2 is 1.71 bits per heavy atom. The Balaban J connectivity index is 1.68. The van der Waals surface area contributed by atoms with E-state index in [-0.39, 0.29) is 5.78 Å². The van der Waals surface area contributed by atoms with Gasteiger partial charge in [-0.3, -0.25) is 9.78 Å². The molecule has 1 aromatic heterocycles. The number of pyridine rings is 1. The average Bonchev–Trinajstić information content (AvgIpc) is 2.58. The maximum Gasteiger partial charge on any atom is 0.141 e. The van der Waals surface area contributed by atoms with E-state index < -0.39 is 0 Å². The lowest BCUT2D eigenvalue weighted by molar-refractivity contribution is -0.117. The number of ketones is 1. The number of hydrogen-bond donors (Lipinski definition) is 0. The van der Waals surface area contributed by atoms with E-state index in [9.17, 15) is 4.79 Å². The molecule has 2 aromatic carbocycles. The molecule has 2 nitrogen and oxygen atoms in total. The van der Waals surface area contributed by atoms with Gasteiger partial charge in [-0.15, -0.1) is 0 Å². The summed E-state index contributed by atoms with van der Waals surface area (Å²) in [6, 6.07) is 20.1. The Labute approximate surface area is 150 Å². The lowest BCUT2D eigenvalue weighted by Crippen LogP contribution is -2.07. The van der Waals surface area contributed by atoms with Gasteiger partial charge < -0.3 is 0 Å². The van der Waals surface area contributed by atoms with Gasteiger partial charge in [0.15, 0.2) is 0 Å². The highest BCUT2D eigenvalue weighted by Crippen LogP contribution is 2.21. The summed E-state index contributed by atoms with van der Waals surface area (Å²) in [5.74, 6) is 0.217. The monoisotopic (exact) mass is 379 g/mol. The van der Waals surface area contributed by atoms with E-state index in [1.54, 1.807) is 0 Å². The van der Waals surface area contributed by atoms with Crippen LogP contribution in [0.5, 0.6) is 0 Å². The zero-order valence-electron chi connectivity index (χ0n) is 13.5. The van der Waals surface area contributed by atoms with Crippen molar-refractivity contribution in [2.24, 2.45) is 0 Å². The SMILES string of the molecule is Cc1cc(-c2ccc(CC(=O)Cc3ccccc3Br)cc2)ccn1. The predicted molar refractivity (Wildman–Crippen MR) is 101 cm³/mol. The highest BCUT2D eigenvalue weighted by molar-refractivity contribution is 9.10. The standard InChI is InChI=1S/C21H18BrNO/c1-15-12-18(10-11-23-15)17-8-6-16(7-9-17)13-20(24)14-19-4-2-3-5-21(19)22/h2-12H,13-14H2,1H3. The summed E-state index contributed by atoms with van der Waals surface area (Å²) in [6.07, 6.45) is 2.73. The van der Waals surface area contributed by atoms with Crippen molar-refractivity contribution in [3.05, 3.63) is 88.2 Å². The molecule has 0 saturated heterocycles. The number of rotatable bonds is 5. The number of aromatic nitrogens is 1. The molecule has 0 aliphatic heterocycles. The quantitative estimate of drug-likeness (QED) is 0.611. The molecule has 0 spiro atoms. The molecule has 0 N–H and O–H groups in total.